The van der Waals surface area contributed by atoms with Gasteiger partial charge in [0.1, 0.15) is 0 Å². The fourth-order valence-electron chi connectivity index (χ4n) is 2.11. The highest BCUT2D eigenvalue weighted by molar-refractivity contribution is 9.10. The van der Waals surface area contributed by atoms with Gasteiger partial charge in [-0.25, -0.2) is 4.79 Å². The van der Waals surface area contributed by atoms with Crippen molar-refractivity contribution >= 4 is 21.9 Å². The van der Waals surface area contributed by atoms with Crippen LogP contribution in [0.4, 0.5) is 0 Å². The first-order chi connectivity index (χ1) is 8.95. The standard InChI is InChI=1S/C14H11BrN2O2/c1-8-5-11(14(18)19)9(2)17(8)13-4-3-10(7-16)6-12(13)15/h3-6H,1-2H3,(H,18,19). The number of nitrogens with zero attached hydrogens (tertiary/aromatic N) is 2. The van der Waals surface area contributed by atoms with Crippen molar-refractivity contribution in [1.29, 1.82) is 5.26 Å². The van der Waals surface area contributed by atoms with Crippen LogP contribution in [0.1, 0.15) is 27.3 Å². The second kappa shape index (κ2) is 4.90. The zero-order chi connectivity index (χ0) is 14.2. The van der Waals surface area contributed by atoms with Crippen LogP contribution >= 0.6 is 15.9 Å². The summed E-state index contributed by atoms with van der Waals surface area (Å²) in [7, 11) is 0. The molecule has 2 rings (SSSR count). The fourth-order valence-corrected chi connectivity index (χ4v) is 2.66. The average molecular weight is 319 g/mol. The highest BCUT2D eigenvalue weighted by atomic mass is 79.9. The summed E-state index contributed by atoms with van der Waals surface area (Å²) in [5.41, 5.74) is 3.16. The SMILES string of the molecule is Cc1cc(C(=O)O)c(C)n1-c1ccc(C#N)cc1Br. The van der Waals surface area contributed by atoms with Gasteiger partial charge in [-0.05, 0) is 54.0 Å². The molecule has 19 heavy (non-hydrogen) atoms. The van der Waals surface area contributed by atoms with Crippen molar-refractivity contribution < 1.29 is 9.90 Å². The van der Waals surface area contributed by atoms with E-state index in [4.69, 9.17) is 10.4 Å². The van der Waals surface area contributed by atoms with Crippen LogP contribution in [0.2, 0.25) is 0 Å². The van der Waals surface area contributed by atoms with Crippen molar-refractivity contribution in [3.05, 3.63) is 51.3 Å². The number of aryl methyl sites for hydroxylation is 1. The topological polar surface area (TPSA) is 66.0 Å². The summed E-state index contributed by atoms with van der Waals surface area (Å²) in [5.74, 6) is -0.941. The second-order valence-corrected chi connectivity index (χ2v) is 5.06. The monoisotopic (exact) mass is 318 g/mol. The normalized spacial score (nSPS) is 10.2. The number of aromatic carboxylic acids is 1. The third-order valence-electron chi connectivity index (χ3n) is 2.98. The Hall–Kier alpha value is -2.06. The van der Waals surface area contributed by atoms with Crippen molar-refractivity contribution in [1.82, 2.24) is 4.57 Å². The molecule has 0 atom stereocenters. The number of aromatic nitrogens is 1. The number of carboxylic acids is 1. The molecule has 0 bridgehead atoms. The summed E-state index contributed by atoms with van der Waals surface area (Å²) in [6.45, 7) is 3.62. The predicted octanol–water partition coefficient (Wildman–Crippen LogP) is 3.43. The van der Waals surface area contributed by atoms with Crippen LogP contribution in [-0.2, 0) is 0 Å². The van der Waals surface area contributed by atoms with Gasteiger partial charge in [0.2, 0.25) is 0 Å². The van der Waals surface area contributed by atoms with Crippen LogP contribution in [0.25, 0.3) is 5.69 Å². The number of hydrogen-bond donors (Lipinski definition) is 1. The van der Waals surface area contributed by atoms with Crippen molar-refractivity contribution in [3.63, 3.8) is 0 Å². The Labute approximate surface area is 119 Å². The Balaban J connectivity index is 2.66. The minimum Gasteiger partial charge on any atom is -0.478 e. The maximum atomic E-state index is 11.1. The van der Waals surface area contributed by atoms with Crippen LogP contribution in [0.15, 0.2) is 28.7 Å². The summed E-state index contributed by atoms with van der Waals surface area (Å²) >= 11 is 3.42. The molecule has 0 aliphatic carbocycles. The fraction of sp³-hybridized carbons (Fsp3) is 0.143. The van der Waals surface area contributed by atoms with Crippen molar-refractivity contribution in [2.24, 2.45) is 0 Å². The van der Waals surface area contributed by atoms with E-state index in [1.165, 1.54) is 0 Å². The molecule has 0 spiro atoms. The number of carboxylic acid groups (broad SMARTS) is 1. The Morgan fingerprint density at radius 2 is 2.05 bits per heavy atom. The van der Waals surface area contributed by atoms with Crippen LogP contribution in [0.5, 0.6) is 0 Å². The van der Waals surface area contributed by atoms with Crippen molar-refractivity contribution in [2.45, 2.75) is 13.8 Å². The van der Waals surface area contributed by atoms with Gasteiger partial charge in [0.15, 0.2) is 0 Å². The molecular formula is C14H11BrN2O2. The lowest BCUT2D eigenvalue weighted by molar-refractivity contribution is 0.0696. The first kappa shape index (κ1) is 13.4. The number of nitriles is 1. The number of benzene rings is 1. The molecule has 0 saturated carbocycles. The molecule has 2 aromatic rings. The van der Waals surface area contributed by atoms with Gasteiger partial charge in [0.25, 0.3) is 0 Å². The molecule has 0 amide bonds. The number of halogens is 1. The molecule has 1 N–H and O–H groups in total. The van der Waals surface area contributed by atoms with Gasteiger partial charge in [-0.15, -0.1) is 0 Å². The molecule has 0 saturated heterocycles. The molecule has 0 aliphatic heterocycles. The Bertz CT molecular complexity index is 711. The van der Waals surface area contributed by atoms with Crippen LogP contribution < -0.4 is 0 Å². The van der Waals surface area contributed by atoms with Gasteiger partial charge in [0, 0.05) is 15.9 Å². The predicted molar refractivity (Wildman–Crippen MR) is 74.6 cm³/mol. The van der Waals surface area contributed by atoms with Crippen LogP contribution in [0.3, 0.4) is 0 Å². The summed E-state index contributed by atoms with van der Waals surface area (Å²) in [6.07, 6.45) is 0. The molecular weight excluding hydrogens is 308 g/mol. The molecule has 1 heterocycles. The highest BCUT2D eigenvalue weighted by Crippen LogP contribution is 2.27. The maximum Gasteiger partial charge on any atom is 0.337 e. The number of rotatable bonds is 2. The largest absolute Gasteiger partial charge is 0.478 e. The lowest BCUT2D eigenvalue weighted by Crippen LogP contribution is -2.03. The molecule has 4 nitrogen and oxygen atoms in total. The Morgan fingerprint density at radius 1 is 1.37 bits per heavy atom. The lowest BCUT2D eigenvalue weighted by Gasteiger charge is -2.11. The van der Waals surface area contributed by atoms with Gasteiger partial charge in [-0.3, -0.25) is 0 Å². The highest BCUT2D eigenvalue weighted by Gasteiger charge is 2.17. The Kier molecular flexibility index (Phi) is 3.45. The quantitative estimate of drug-likeness (QED) is 0.922. The first-order valence-corrected chi connectivity index (χ1v) is 6.37. The van der Waals surface area contributed by atoms with E-state index < -0.39 is 5.97 Å². The second-order valence-electron chi connectivity index (χ2n) is 4.20. The minimum absolute atomic E-state index is 0.286. The van der Waals surface area contributed by atoms with E-state index in [1.807, 2.05) is 11.5 Å². The van der Waals surface area contributed by atoms with Crippen molar-refractivity contribution in [2.75, 3.05) is 0 Å². The zero-order valence-corrected chi connectivity index (χ0v) is 12.0. The summed E-state index contributed by atoms with van der Waals surface area (Å²) in [4.78, 5) is 11.1. The maximum absolute atomic E-state index is 11.1. The summed E-state index contributed by atoms with van der Waals surface area (Å²) < 4.78 is 2.61. The molecule has 0 fully saturated rings. The molecule has 0 radical (unpaired) electrons. The van der Waals surface area contributed by atoms with Crippen LogP contribution in [-0.4, -0.2) is 15.6 Å². The van der Waals surface area contributed by atoms with E-state index in [-0.39, 0.29) is 5.56 Å². The van der Waals surface area contributed by atoms with E-state index >= 15 is 0 Å². The van der Waals surface area contributed by atoms with Gasteiger partial charge in [-0.1, -0.05) is 0 Å². The van der Waals surface area contributed by atoms with E-state index in [2.05, 4.69) is 22.0 Å². The van der Waals surface area contributed by atoms with Gasteiger partial charge >= 0.3 is 5.97 Å². The van der Waals surface area contributed by atoms with E-state index in [0.29, 0.717) is 11.3 Å². The summed E-state index contributed by atoms with van der Waals surface area (Å²) in [6, 6.07) is 8.93. The third kappa shape index (κ3) is 2.27. The Morgan fingerprint density at radius 3 is 2.53 bits per heavy atom. The molecule has 96 valence electrons. The van der Waals surface area contributed by atoms with Gasteiger partial charge < -0.3 is 9.67 Å². The number of hydrogen-bond acceptors (Lipinski definition) is 2. The van der Waals surface area contributed by atoms with E-state index in [9.17, 15) is 4.79 Å². The van der Waals surface area contributed by atoms with Gasteiger partial charge in [-0.2, -0.15) is 5.26 Å². The molecule has 0 unspecified atom stereocenters. The lowest BCUT2D eigenvalue weighted by atomic mass is 10.2. The van der Waals surface area contributed by atoms with E-state index in [1.54, 1.807) is 31.2 Å². The third-order valence-corrected chi connectivity index (χ3v) is 3.61. The molecule has 1 aromatic carbocycles. The van der Waals surface area contributed by atoms with Crippen molar-refractivity contribution in [3.8, 4) is 11.8 Å². The number of carbonyl (C=O) groups is 1. The smallest absolute Gasteiger partial charge is 0.337 e. The summed E-state index contributed by atoms with van der Waals surface area (Å²) in [5, 5.41) is 18.0. The zero-order valence-electron chi connectivity index (χ0n) is 10.4. The average Bonchev–Trinajstić information content (AvgIpc) is 2.65. The molecule has 5 heteroatoms. The minimum atomic E-state index is -0.941. The van der Waals surface area contributed by atoms with E-state index in [0.717, 1.165) is 15.9 Å². The van der Waals surface area contributed by atoms with Gasteiger partial charge in [0.05, 0.1) is 22.9 Å². The van der Waals surface area contributed by atoms with Crippen LogP contribution in [0, 0.1) is 25.2 Å². The molecule has 0 aliphatic rings. The first-order valence-electron chi connectivity index (χ1n) is 5.58. The molecule has 1 aromatic heterocycles.